The van der Waals surface area contributed by atoms with Crippen LogP contribution in [0.2, 0.25) is 0 Å². The van der Waals surface area contributed by atoms with Gasteiger partial charge in [-0.2, -0.15) is 0 Å². The Morgan fingerprint density at radius 1 is 1.16 bits per heavy atom. The zero-order valence-electron chi connectivity index (χ0n) is 11.8. The zero-order valence-corrected chi connectivity index (χ0v) is 11.8. The molecule has 0 aliphatic rings. The van der Waals surface area contributed by atoms with Crippen LogP contribution in [0.3, 0.4) is 0 Å². The summed E-state index contributed by atoms with van der Waals surface area (Å²) in [5.41, 5.74) is 1.17. The minimum absolute atomic E-state index is 0.171. The topological polar surface area (TPSA) is 33.1 Å². The van der Waals surface area contributed by atoms with Crippen LogP contribution in [-0.4, -0.2) is 16.2 Å². The molecule has 2 nitrogen and oxygen atoms in total. The van der Waals surface area contributed by atoms with Crippen molar-refractivity contribution in [2.45, 2.75) is 51.6 Å². The quantitative estimate of drug-likeness (QED) is 0.535. The van der Waals surface area contributed by atoms with E-state index in [1.165, 1.54) is 5.69 Å². The second-order valence-corrected chi connectivity index (χ2v) is 4.85. The first-order valence-electron chi connectivity index (χ1n) is 7.18. The summed E-state index contributed by atoms with van der Waals surface area (Å²) in [5, 5.41) is 9.10. The molecule has 1 atom stereocenters. The Morgan fingerprint density at radius 2 is 1.89 bits per heavy atom. The molecule has 1 N–H and O–H groups in total. The number of aryl methyl sites for hydroxylation is 1. The number of rotatable bonds is 9. The van der Waals surface area contributed by atoms with Crippen LogP contribution in [0.4, 0.5) is 0 Å². The van der Waals surface area contributed by atoms with Gasteiger partial charge in [0.15, 0.2) is 0 Å². The molecular weight excluding hydrogens is 234 g/mol. The molecule has 1 heterocycles. The lowest BCUT2D eigenvalue weighted by Gasteiger charge is -1.99. The number of hydrogen-bond acceptors (Lipinski definition) is 2. The Bertz CT molecular complexity index is 368. The van der Waals surface area contributed by atoms with Crippen molar-refractivity contribution < 1.29 is 5.11 Å². The number of aromatic nitrogens is 1. The van der Waals surface area contributed by atoms with E-state index in [-0.39, 0.29) is 6.10 Å². The van der Waals surface area contributed by atoms with E-state index in [0.717, 1.165) is 38.5 Å². The van der Waals surface area contributed by atoms with Gasteiger partial charge in [-0.05, 0) is 57.6 Å². The summed E-state index contributed by atoms with van der Waals surface area (Å²) in [6.07, 6.45) is 16.5. The van der Waals surface area contributed by atoms with Crippen molar-refractivity contribution in [1.29, 1.82) is 0 Å². The van der Waals surface area contributed by atoms with Crippen molar-refractivity contribution in [2.75, 3.05) is 0 Å². The Balaban J connectivity index is 2.00. The number of aliphatic hydroxyl groups is 1. The largest absolute Gasteiger partial charge is 0.393 e. The maximum Gasteiger partial charge on any atom is 0.0512 e. The third kappa shape index (κ3) is 9.20. The molecule has 2 heteroatoms. The number of allylic oxidation sites excluding steroid dienone is 4. The van der Waals surface area contributed by atoms with Gasteiger partial charge in [-0.1, -0.05) is 30.4 Å². The highest BCUT2D eigenvalue weighted by atomic mass is 16.3. The molecule has 19 heavy (non-hydrogen) atoms. The summed E-state index contributed by atoms with van der Waals surface area (Å²) in [7, 11) is 0. The number of aliphatic hydroxyl groups excluding tert-OH is 1. The summed E-state index contributed by atoms with van der Waals surface area (Å²) < 4.78 is 0. The molecule has 1 aromatic heterocycles. The van der Waals surface area contributed by atoms with Crippen LogP contribution in [-0.2, 0) is 6.42 Å². The first kappa shape index (κ1) is 15.6. The lowest BCUT2D eigenvalue weighted by molar-refractivity contribution is 0.182. The van der Waals surface area contributed by atoms with Gasteiger partial charge in [0.1, 0.15) is 0 Å². The average molecular weight is 259 g/mol. The Kier molecular flexibility index (Phi) is 8.65. The van der Waals surface area contributed by atoms with Crippen molar-refractivity contribution in [3.05, 3.63) is 54.4 Å². The van der Waals surface area contributed by atoms with Crippen LogP contribution >= 0.6 is 0 Å². The fourth-order valence-corrected chi connectivity index (χ4v) is 1.83. The van der Waals surface area contributed by atoms with Crippen molar-refractivity contribution in [2.24, 2.45) is 0 Å². The lowest BCUT2D eigenvalue weighted by atomic mass is 10.1. The smallest absolute Gasteiger partial charge is 0.0512 e. The molecule has 1 unspecified atom stereocenters. The van der Waals surface area contributed by atoms with E-state index in [4.69, 9.17) is 5.11 Å². The van der Waals surface area contributed by atoms with E-state index < -0.39 is 0 Å². The molecule has 0 spiro atoms. The highest BCUT2D eigenvalue weighted by molar-refractivity contribution is 5.05. The van der Waals surface area contributed by atoms with E-state index in [2.05, 4.69) is 35.4 Å². The van der Waals surface area contributed by atoms with Gasteiger partial charge in [-0.3, -0.25) is 4.98 Å². The van der Waals surface area contributed by atoms with Gasteiger partial charge in [0.2, 0.25) is 0 Å². The fraction of sp³-hybridized carbons (Fsp3) is 0.471. The van der Waals surface area contributed by atoms with Crippen molar-refractivity contribution in [3.63, 3.8) is 0 Å². The molecule has 0 aliphatic heterocycles. The Morgan fingerprint density at radius 3 is 2.53 bits per heavy atom. The standard InChI is InChI=1S/C17H25NO/c1-16(19)12-8-6-4-2-3-5-7-9-13-17-14-10-11-15-18-17/h2-5,10-11,14-16,19H,6-9,12-13H2,1H3/b4-2+,5-3+. The van der Waals surface area contributed by atoms with Crippen molar-refractivity contribution in [3.8, 4) is 0 Å². The number of unbranched alkanes of at least 4 members (excludes halogenated alkanes) is 2. The molecule has 104 valence electrons. The summed E-state index contributed by atoms with van der Waals surface area (Å²) in [5.74, 6) is 0. The first-order chi connectivity index (χ1) is 9.29. The maximum absolute atomic E-state index is 9.10. The minimum atomic E-state index is -0.171. The van der Waals surface area contributed by atoms with Crippen LogP contribution in [0, 0.1) is 0 Å². The van der Waals surface area contributed by atoms with Crippen LogP contribution in [0.1, 0.15) is 44.7 Å². The minimum Gasteiger partial charge on any atom is -0.393 e. The highest BCUT2D eigenvalue weighted by Crippen LogP contribution is 2.03. The molecule has 0 saturated carbocycles. The van der Waals surface area contributed by atoms with Gasteiger partial charge in [0.05, 0.1) is 6.10 Å². The molecule has 0 radical (unpaired) electrons. The van der Waals surface area contributed by atoms with Gasteiger partial charge in [0, 0.05) is 11.9 Å². The SMILES string of the molecule is CC(O)CCC/C=C/C=C/CCCc1ccccn1. The van der Waals surface area contributed by atoms with Gasteiger partial charge in [0.25, 0.3) is 0 Å². The van der Waals surface area contributed by atoms with Crippen LogP contribution in [0.15, 0.2) is 48.7 Å². The monoisotopic (exact) mass is 259 g/mol. The summed E-state index contributed by atoms with van der Waals surface area (Å²) in [6.45, 7) is 1.84. The van der Waals surface area contributed by atoms with E-state index in [1.54, 1.807) is 0 Å². The summed E-state index contributed by atoms with van der Waals surface area (Å²) in [6, 6.07) is 6.06. The molecule has 0 aliphatic carbocycles. The van der Waals surface area contributed by atoms with Crippen molar-refractivity contribution >= 4 is 0 Å². The molecular formula is C17H25NO. The lowest BCUT2D eigenvalue weighted by Crippen LogP contribution is -1.97. The number of nitrogens with zero attached hydrogens (tertiary/aromatic N) is 1. The van der Waals surface area contributed by atoms with Gasteiger partial charge in [-0.15, -0.1) is 0 Å². The number of hydrogen-bond donors (Lipinski definition) is 1. The first-order valence-corrected chi connectivity index (χ1v) is 7.18. The normalized spacial score (nSPS) is 13.4. The van der Waals surface area contributed by atoms with Crippen LogP contribution < -0.4 is 0 Å². The van der Waals surface area contributed by atoms with E-state index >= 15 is 0 Å². The Labute approximate surface area is 116 Å². The maximum atomic E-state index is 9.10. The summed E-state index contributed by atoms with van der Waals surface area (Å²) >= 11 is 0. The third-order valence-corrected chi connectivity index (χ3v) is 2.91. The molecule has 1 aromatic rings. The zero-order chi connectivity index (χ0) is 13.8. The average Bonchev–Trinajstić information content (AvgIpc) is 2.42. The third-order valence-electron chi connectivity index (χ3n) is 2.91. The highest BCUT2D eigenvalue weighted by Gasteiger charge is 1.92. The van der Waals surface area contributed by atoms with E-state index in [1.807, 2.05) is 25.3 Å². The predicted molar refractivity (Wildman–Crippen MR) is 81.0 cm³/mol. The molecule has 0 fully saturated rings. The van der Waals surface area contributed by atoms with Gasteiger partial charge in [-0.25, -0.2) is 0 Å². The second-order valence-electron chi connectivity index (χ2n) is 4.85. The molecule has 0 amide bonds. The van der Waals surface area contributed by atoms with Crippen LogP contribution in [0.25, 0.3) is 0 Å². The van der Waals surface area contributed by atoms with Gasteiger partial charge >= 0.3 is 0 Å². The fourth-order valence-electron chi connectivity index (χ4n) is 1.83. The van der Waals surface area contributed by atoms with E-state index in [0.29, 0.717) is 0 Å². The summed E-state index contributed by atoms with van der Waals surface area (Å²) in [4.78, 5) is 4.30. The molecule has 1 rings (SSSR count). The number of pyridine rings is 1. The van der Waals surface area contributed by atoms with Gasteiger partial charge < -0.3 is 5.11 Å². The molecule has 0 saturated heterocycles. The van der Waals surface area contributed by atoms with Crippen LogP contribution in [0.5, 0.6) is 0 Å². The Hall–Kier alpha value is -1.41. The predicted octanol–water partition coefficient (Wildman–Crippen LogP) is 4.07. The van der Waals surface area contributed by atoms with Crippen molar-refractivity contribution in [1.82, 2.24) is 4.98 Å². The molecule has 0 bridgehead atoms. The second kappa shape index (κ2) is 10.5. The molecule has 0 aromatic carbocycles. The van der Waals surface area contributed by atoms with E-state index in [9.17, 15) is 0 Å².